The number of ether oxygens (including phenoxy) is 1. The molecule has 0 aromatic heterocycles. The molecule has 0 bridgehead atoms. The molecule has 2 fully saturated rings. The van der Waals surface area contributed by atoms with Gasteiger partial charge in [0.25, 0.3) is 0 Å². The van der Waals surface area contributed by atoms with E-state index in [1.807, 2.05) is 0 Å². The topological polar surface area (TPSA) is 47.3 Å². The maximum atomic E-state index is 6.19. The van der Waals surface area contributed by atoms with Crippen LogP contribution in [0.2, 0.25) is 0 Å². The lowest BCUT2D eigenvalue weighted by molar-refractivity contribution is -0.0671. The first-order valence-corrected chi connectivity index (χ1v) is 7.96. The molecule has 0 radical (unpaired) electrons. The number of nitrogens with two attached hydrogens (primary N) is 1. The Morgan fingerprint density at radius 1 is 1.30 bits per heavy atom. The van der Waals surface area contributed by atoms with Crippen LogP contribution in [0.5, 0.6) is 0 Å². The minimum absolute atomic E-state index is 0.0301. The van der Waals surface area contributed by atoms with Gasteiger partial charge in [0.15, 0.2) is 0 Å². The number of benzene rings is 1. The molecule has 1 aromatic rings. The summed E-state index contributed by atoms with van der Waals surface area (Å²) in [6.45, 7) is 2.87. The average Bonchev–Trinajstić information content (AvgIpc) is 3.12. The summed E-state index contributed by atoms with van der Waals surface area (Å²) in [6, 6.07) is 11.1. The molecule has 0 aliphatic heterocycles. The molecule has 3 nitrogen and oxygen atoms in total. The van der Waals surface area contributed by atoms with Crippen molar-refractivity contribution >= 4 is 0 Å². The first-order valence-electron chi connectivity index (χ1n) is 7.96. The second-order valence-corrected chi connectivity index (χ2v) is 6.27. The van der Waals surface area contributed by atoms with E-state index in [1.54, 1.807) is 0 Å². The lowest BCUT2D eigenvalue weighted by Crippen LogP contribution is -2.55. The van der Waals surface area contributed by atoms with E-state index in [1.165, 1.54) is 24.8 Å². The molecule has 0 saturated heterocycles. The van der Waals surface area contributed by atoms with Gasteiger partial charge in [-0.2, -0.15) is 0 Å². The van der Waals surface area contributed by atoms with Crippen LogP contribution in [0.4, 0.5) is 0 Å². The fourth-order valence-electron chi connectivity index (χ4n) is 4.14. The number of nitrogens with one attached hydrogen (secondary N) is 1. The lowest BCUT2D eigenvalue weighted by Gasteiger charge is -2.37. The van der Waals surface area contributed by atoms with Crippen molar-refractivity contribution in [3.05, 3.63) is 35.9 Å². The van der Waals surface area contributed by atoms with Crippen molar-refractivity contribution < 1.29 is 4.74 Å². The van der Waals surface area contributed by atoms with Crippen molar-refractivity contribution in [1.82, 2.24) is 5.43 Å². The van der Waals surface area contributed by atoms with E-state index in [0.29, 0.717) is 11.8 Å². The summed E-state index contributed by atoms with van der Waals surface area (Å²) in [5.74, 6) is 7.19. The summed E-state index contributed by atoms with van der Waals surface area (Å²) < 4.78 is 6.19. The quantitative estimate of drug-likeness (QED) is 0.619. The van der Waals surface area contributed by atoms with E-state index in [0.717, 1.165) is 19.4 Å². The predicted molar refractivity (Wildman–Crippen MR) is 81.2 cm³/mol. The molecule has 2 aliphatic rings. The number of rotatable bonds is 6. The minimum Gasteiger partial charge on any atom is -0.374 e. The van der Waals surface area contributed by atoms with Crippen molar-refractivity contribution in [1.29, 1.82) is 0 Å². The van der Waals surface area contributed by atoms with Crippen LogP contribution in [0.25, 0.3) is 0 Å². The van der Waals surface area contributed by atoms with Gasteiger partial charge in [-0.15, -0.1) is 0 Å². The minimum atomic E-state index is -0.0301. The van der Waals surface area contributed by atoms with E-state index < -0.39 is 0 Å². The van der Waals surface area contributed by atoms with E-state index in [-0.39, 0.29) is 11.6 Å². The fourth-order valence-corrected chi connectivity index (χ4v) is 4.14. The normalized spacial score (nSPS) is 29.3. The largest absolute Gasteiger partial charge is 0.374 e. The molecule has 110 valence electrons. The Morgan fingerprint density at radius 3 is 2.60 bits per heavy atom. The van der Waals surface area contributed by atoms with Crippen LogP contribution in [0.1, 0.15) is 50.5 Å². The lowest BCUT2D eigenvalue weighted by atomic mass is 9.87. The maximum Gasteiger partial charge on any atom is 0.0850 e. The van der Waals surface area contributed by atoms with E-state index in [2.05, 4.69) is 42.7 Å². The van der Waals surface area contributed by atoms with Crippen LogP contribution >= 0.6 is 0 Å². The maximum absolute atomic E-state index is 6.19. The Kier molecular flexibility index (Phi) is 4.11. The third-order valence-corrected chi connectivity index (χ3v) is 5.12. The number of hydrogen-bond acceptors (Lipinski definition) is 3. The van der Waals surface area contributed by atoms with Crippen LogP contribution in [-0.2, 0) is 4.74 Å². The highest BCUT2D eigenvalue weighted by atomic mass is 16.5. The molecule has 0 amide bonds. The third-order valence-electron chi connectivity index (χ3n) is 5.12. The van der Waals surface area contributed by atoms with Crippen molar-refractivity contribution in [3.63, 3.8) is 0 Å². The average molecular weight is 274 g/mol. The summed E-state index contributed by atoms with van der Waals surface area (Å²) in [5.41, 5.74) is 4.52. The highest BCUT2D eigenvalue weighted by Crippen LogP contribution is 2.54. The zero-order valence-corrected chi connectivity index (χ0v) is 12.3. The first kappa shape index (κ1) is 14.1. The molecule has 2 aliphatic carbocycles. The molecule has 3 rings (SSSR count). The third kappa shape index (κ3) is 2.50. The molecule has 3 N–H and O–H groups in total. The van der Waals surface area contributed by atoms with Gasteiger partial charge in [-0.3, -0.25) is 11.3 Å². The number of hydrogen-bond donors (Lipinski definition) is 2. The van der Waals surface area contributed by atoms with E-state index in [4.69, 9.17) is 10.6 Å². The van der Waals surface area contributed by atoms with Gasteiger partial charge in [-0.25, -0.2) is 0 Å². The SMILES string of the molecule is CCOC1(C(NN)C2CC2c2ccccc2)CCCC1. The smallest absolute Gasteiger partial charge is 0.0850 e. The van der Waals surface area contributed by atoms with Crippen LogP contribution < -0.4 is 11.3 Å². The van der Waals surface area contributed by atoms with Gasteiger partial charge in [0.2, 0.25) is 0 Å². The molecular formula is C17H26N2O. The monoisotopic (exact) mass is 274 g/mol. The molecule has 3 unspecified atom stereocenters. The summed E-state index contributed by atoms with van der Waals surface area (Å²) in [4.78, 5) is 0. The highest BCUT2D eigenvalue weighted by Gasteiger charge is 2.53. The molecule has 3 atom stereocenters. The van der Waals surface area contributed by atoms with Gasteiger partial charge in [0.1, 0.15) is 0 Å². The van der Waals surface area contributed by atoms with Gasteiger partial charge >= 0.3 is 0 Å². The molecule has 0 spiro atoms. The standard InChI is InChI=1S/C17H26N2O/c1-2-20-17(10-6-7-11-17)16(19-18)15-12-14(15)13-8-4-3-5-9-13/h3-5,8-9,14-16,19H,2,6-7,10-12,18H2,1H3. The van der Waals surface area contributed by atoms with E-state index in [9.17, 15) is 0 Å². The first-order chi connectivity index (χ1) is 9.80. The summed E-state index contributed by atoms with van der Waals surface area (Å²) in [5, 5.41) is 0. The number of hydrazine groups is 1. The van der Waals surface area contributed by atoms with Crippen molar-refractivity contribution in [2.75, 3.05) is 6.61 Å². The van der Waals surface area contributed by atoms with Crippen molar-refractivity contribution in [2.24, 2.45) is 11.8 Å². The highest BCUT2D eigenvalue weighted by molar-refractivity contribution is 5.27. The molecule has 0 heterocycles. The Morgan fingerprint density at radius 2 is 2.00 bits per heavy atom. The van der Waals surface area contributed by atoms with Gasteiger partial charge in [-0.05, 0) is 43.6 Å². The van der Waals surface area contributed by atoms with Crippen LogP contribution in [0.3, 0.4) is 0 Å². The fraction of sp³-hybridized carbons (Fsp3) is 0.647. The second kappa shape index (κ2) is 5.84. The molecule has 1 aromatic carbocycles. The molecule has 20 heavy (non-hydrogen) atoms. The van der Waals surface area contributed by atoms with Gasteiger partial charge in [-0.1, -0.05) is 43.2 Å². The van der Waals surface area contributed by atoms with Gasteiger partial charge in [0, 0.05) is 6.61 Å². The molecule has 2 saturated carbocycles. The summed E-state index contributed by atoms with van der Waals surface area (Å²) in [6.07, 6.45) is 6.05. The Hall–Kier alpha value is -0.900. The molecular weight excluding hydrogens is 248 g/mol. The van der Waals surface area contributed by atoms with Crippen LogP contribution in [-0.4, -0.2) is 18.2 Å². The predicted octanol–water partition coefficient (Wildman–Crippen LogP) is 2.97. The summed E-state index contributed by atoms with van der Waals surface area (Å²) >= 11 is 0. The van der Waals surface area contributed by atoms with Crippen molar-refractivity contribution in [3.8, 4) is 0 Å². The van der Waals surface area contributed by atoms with Crippen molar-refractivity contribution in [2.45, 2.75) is 56.6 Å². The zero-order chi connectivity index (χ0) is 14.0. The second-order valence-electron chi connectivity index (χ2n) is 6.27. The Balaban J connectivity index is 1.74. The van der Waals surface area contributed by atoms with Crippen LogP contribution in [0.15, 0.2) is 30.3 Å². The Bertz CT molecular complexity index is 428. The van der Waals surface area contributed by atoms with E-state index >= 15 is 0 Å². The zero-order valence-electron chi connectivity index (χ0n) is 12.3. The summed E-state index contributed by atoms with van der Waals surface area (Å²) in [7, 11) is 0. The van der Waals surface area contributed by atoms with Gasteiger partial charge in [0.05, 0.1) is 11.6 Å². The molecule has 3 heteroatoms. The van der Waals surface area contributed by atoms with Crippen LogP contribution in [0, 0.1) is 5.92 Å². The Labute approximate surface area is 121 Å². The van der Waals surface area contributed by atoms with Gasteiger partial charge < -0.3 is 4.74 Å².